The fourth-order valence-electron chi connectivity index (χ4n) is 6.11. The summed E-state index contributed by atoms with van der Waals surface area (Å²) in [6.07, 6.45) is 15.4. The Kier molecular flexibility index (Phi) is 3.65. The average molecular weight is 383 g/mol. The van der Waals surface area contributed by atoms with Crippen molar-refractivity contribution in [2.75, 3.05) is 0 Å². The number of aromatic nitrogens is 1. The fourth-order valence-corrected chi connectivity index (χ4v) is 6.11. The van der Waals surface area contributed by atoms with E-state index in [2.05, 4.69) is 54.4 Å². The first-order chi connectivity index (χ1) is 14.1. The molecule has 6 rings (SSSR count). The number of fused-ring (bicyclic) bond motifs is 4. The van der Waals surface area contributed by atoms with E-state index >= 15 is 0 Å². The van der Waals surface area contributed by atoms with Gasteiger partial charge in [-0.1, -0.05) is 31.2 Å². The molecule has 29 heavy (non-hydrogen) atoms. The standard InChI is InChI=1S/C26H25NO2/c1-26-11-9-18-14-20-23(28)3-2-4-24(20)29-25(18)22(26)8-7-21(26)17-6-5-16-10-12-27-15-19(16)13-17/h5-6,9-15,21-22,25H,2-4,7-8H2,1H3/t21-,22+,25-,26-/m1/s1. The van der Waals surface area contributed by atoms with Crippen molar-refractivity contribution in [2.45, 2.75) is 51.0 Å². The number of carbonyl (C=O) groups is 1. The topological polar surface area (TPSA) is 39.2 Å². The second-order valence-electron chi connectivity index (χ2n) is 9.21. The van der Waals surface area contributed by atoms with Gasteiger partial charge in [0.15, 0.2) is 5.78 Å². The lowest BCUT2D eigenvalue weighted by Crippen LogP contribution is -2.40. The number of allylic oxidation sites excluding steroid dienone is 4. The molecular weight excluding hydrogens is 358 g/mol. The molecule has 4 atom stereocenters. The summed E-state index contributed by atoms with van der Waals surface area (Å²) in [5, 5.41) is 2.45. The minimum Gasteiger partial charge on any atom is -0.489 e. The van der Waals surface area contributed by atoms with E-state index in [4.69, 9.17) is 4.74 Å². The maximum absolute atomic E-state index is 12.3. The number of ether oxygens (including phenoxy) is 1. The largest absolute Gasteiger partial charge is 0.489 e. The fraction of sp³-hybridized carbons (Fsp3) is 0.385. The summed E-state index contributed by atoms with van der Waals surface area (Å²) < 4.78 is 6.53. The first kappa shape index (κ1) is 17.2. The SMILES string of the molecule is C[C@]12C=CC3=CC4=C(CCCC4=O)O[C@H]3[C@@H]1CC[C@@H]2c1ccc2ccncc2c1. The van der Waals surface area contributed by atoms with Crippen LogP contribution in [0.3, 0.4) is 0 Å². The molecule has 0 N–H and O–H groups in total. The van der Waals surface area contributed by atoms with E-state index in [9.17, 15) is 4.79 Å². The van der Waals surface area contributed by atoms with Crippen LogP contribution in [0.4, 0.5) is 0 Å². The molecule has 0 radical (unpaired) electrons. The monoisotopic (exact) mass is 383 g/mol. The molecule has 0 amide bonds. The van der Waals surface area contributed by atoms with Gasteiger partial charge in [-0.15, -0.1) is 0 Å². The molecule has 0 saturated heterocycles. The van der Waals surface area contributed by atoms with Crippen LogP contribution in [0.15, 0.2) is 71.8 Å². The van der Waals surface area contributed by atoms with Gasteiger partial charge in [0.1, 0.15) is 11.9 Å². The van der Waals surface area contributed by atoms with E-state index < -0.39 is 0 Å². The Morgan fingerprint density at radius 2 is 2.07 bits per heavy atom. The van der Waals surface area contributed by atoms with Crippen molar-refractivity contribution in [2.24, 2.45) is 11.3 Å². The Labute approximate surface area is 171 Å². The third kappa shape index (κ3) is 2.49. The van der Waals surface area contributed by atoms with E-state index in [0.29, 0.717) is 18.3 Å². The lowest BCUT2D eigenvalue weighted by Gasteiger charge is -2.44. The number of carbonyl (C=O) groups excluding carboxylic acids is 1. The molecular formula is C26H25NO2. The first-order valence-electron chi connectivity index (χ1n) is 10.8. The number of pyridine rings is 1. The van der Waals surface area contributed by atoms with E-state index in [0.717, 1.165) is 37.0 Å². The second-order valence-corrected chi connectivity index (χ2v) is 9.21. The van der Waals surface area contributed by atoms with Gasteiger partial charge >= 0.3 is 0 Å². The van der Waals surface area contributed by atoms with Gasteiger partial charge in [-0.2, -0.15) is 0 Å². The first-order valence-corrected chi connectivity index (χ1v) is 10.8. The van der Waals surface area contributed by atoms with E-state index in [1.165, 1.54) is 21.9 Å². The van der Waals surface area contributed by atoms with Gasteiger partial charge in [0.05, 0.1) is 5.57 Å². The summed E-state index contributed by atoms with van der Waals surface area (Å²) in [6.45, 7) is 2.40. The smallest absolute Gasteiger partial charge is 0.166 e. The zero-order valence-electron chi connectivity index (χ0n) is 16.7. The van der Waals surface area contributed by atoms with Crippen LogP contribution < -0.4 is 0 Å². The van der Waals surface area contributed by atoms with Crippen LogP contribution in [-0.2, 0) is 9.53 Å². The van der Waals surface area contributed by atoms with Crippen LogP contribution in [0.1, 0.15) is 50.5 Å². The van der Waals surface area contributed by atoms with Crippen LogP contribution >= 0.6 is 0 Å². The number of hydrogen-bond acceptors (Lipinski definition) is 3. The summed E-state index contributed by atoms with van der Waals surface area (Å²) in [5.74, 6) is 2.10. The molecule has 3 heteroatoms. The van der Waals surface area contributed by atoms with E-state index in [1.807, 2.05) is 12.4 Å². The summed E-state index contributed by atoms with van der Waals surface area (Å²) in [5.41, 5.74) is 3.47. The van der Waals surface area contributed by atoms with Gasteiger partial charge in [-0.05, 0) is 65.3 Å². The van der Waals surface area contributed by atoms with Crippen molar-refractivity contribution in [1.29, 1.82) is 0 Å². The molecule has 1 aliphatic heterocycles. The molecule has 0 spiro atoms. The van der Waals surface area contributed by atoms with Crippen LogP contribution in [0, 0.1) is 11.3 Å². The Bertz CT molecular complexity index is 1120. The van der Waals surface area contributed by atoms with E-state index in [-0.39, 0.29) is 17.3 Å². The molecule has 2 aromatic rings. The van der Waals surface area contributed by atoms with Crippen molar-refractivity contribution in [3.63, 3.8) is 0 Å². The number of rotatable bonds is 1. The van der Waals surface area contributed by atoms with Crippen molar-refractivity contribution >= 4 is 16.6 Å². The summed E-state index contributed by atoms with van der Waals surface area (Å²) in [4.78, 5) is 16.6. The van der Waals surface area contributed by atoms with Crippen molar-refractivity contribution in [1.82, 2.24) is 4.98 Å². The lowest BCUT2D eigenvalue weighted by molar-refractivity contribution is -0.116. The zero-order chi connectivity index (χ0) is 19.6. The van der Waals surface area contributed by atoms with Crippen LogP contribution in [-0.4, -0.2) is 16.9 Å². The molecule has 1 aromatic heterocycles. The number of nitrogens with zero attached hydrogens (tertiary/aromatic N) is 1. The van der Waals surface area contributed by atoms with Crippen LogP contribution in [0.25, 0.3) is 10.8 Å². The highest BCUT2D eigenvalue weighted by atomic mass is 16.5. The molecule has 4 aliphatic rings. The van der Waals surface area contributed by atoms with Gasteiger partial charge in [-0.25, -0.2) is 0 Å². The highest BCUT2D eigenvalue weighted by Crippen LogP contribution is 2.59. The molecule has 0 bridgehead atoms. The molecule has 1 aromatic carbocycles. The van der Waals surface area contributed by atoms with Crippen molar-refractivity contribution in [3.8, 4) is 0 Å². The molecule has 3 aliphatic carbocycles. The zero-order valence-corrected chi connectivity index (χ0v) is 16.7. The molecule has 3 nitrogen and oxygen atoms in total. The van der Waals surface area contributed by atoms with Gasteiger partial charge in [0, 0.05) is 36.5 Å². The number of hydrogen-bond donors (Lipinski definition) is 0. The maximum atomic E-state index is 12.3. The molecule has 1 fully saturated rings. The summed E-state index contributed by atoms with van der Waals surface area (Å²) in [6, 6.07) is 8.91. The third-order valence-electron chi connectivity index (χ3n) is 7.70. The Hall–Kier alpha value is -2.68. The minimum absolute atomic E-state index is 0.0641. The predicted molar refractivity (Wildman–Crippen MR) is 113 cm³/mol. The third-order valence-corrected chi connectivity index (χ3v) is 7.70. The number of benzene rings is 1. The highest BCUT2D eigenvalue weighted by Gasteiger charge is 2.53. The van der Waals surface area contributed by atoms with Gasteiger partial charge < -0.3 is 4.74 Å². The maximum Gasteiger partial charge on any atom is 0.166 e. The van der Waals surface area contributed by atoms with E-state index in [1.54, 1.807) is 0 Å². The Morgan fingerprint density at radius 3 is 3.00 bits per heavy atom. The van der Waals surface area contributed by atoms with Crippen molar-refractivity contribution in [3.05, 3.63) is 77.4 Å². The van der Waals surface area contributed by atoms with Crippen LogP contribution in [0.5, 0.6) is 0 Å². The summed E-state index contributed by atoms with van der Waals surface area (Å²) in [7, 11) is 0. The van der Waals surface area contributed by atoms with Crippen LogP contribution in [0.2, 0.25) is 0 Å². The second kappa shape index (κ2) is 6.16. The quantitative estimate of drug-likeness (QED) is 0.640. The molecule has 2 heterocycles. The summed E-state index contributed by atoms with van der Waals surface area (Å²) >= 11 is 0. The van der Waals surface area contributed by atoms with Gasteiger partial charge in [0.2, 0.25) is 0 Å². The lowest BCUT2D eigenvalue weighted by atomic mass is 9.64. The number of Topliss-reactive ketones (excluding diaryl/α,β-unsaturated/α-hetero) is 1. The Balaban J connectivity index is 1.38. The molecule has 1 saturated carbocycles. The molecule has 146 valence electrons. The highest BCUT2D eigenvalue weighted by molar-refractivity contribution is 5.99. The van der Waals surface area contributed by atoms with Crippen molar-refractivity contribution < 1.29 is 9.53 Å². The average Bonchev–Trinajstić information content (AvgIpc) is 3.10. The normalized spacial score (nSPS) is 33.1. The van der Waals surface area contributed by atoms with Gasteiger partial charge in [-0.3, -0.25) is 9.78 Å². The van der Waals surface area contributed by atoms with Gasteiger partial charge in [0.25, 0.3) is 0 Å². The molecule has 0 unspecified atom stereocenters. The number of ketones is 1. The Morgan fingerprint density at radius 1 is 1.14 bits per heavy atom. The minimum atomic E-state index is 0.0641. The predicted octanol–water partition coefficient (Wildman–Crippen LogP) is 5.64.